The summed E-state index contributed by atoms with van der Waals surface area (Å²) in [6.45, 7) is 6.27. The zero-order valence-corrected chi connectivity index (χ0v) is 18.9. The van der Waals surface area contributed by atoms with Crippen molar-refractivity contribution >= 4 is 23.5 Å². The zero-order chi connectivity index (χ0) is 21.6. The molecule has 2 heterocycles. The van der Waals surface area contributed by atoms with E-state index in [1.807, 2.05) is 0 Å². The van der Waals surface area contributed by atoms with E-state index in [0.29, 0.717) is 13.1 Å². The number of hydrogen-bond acceptors (Lipinski definition) is 5. The van der Waals surface area contributed by atoms with E-state index in [9.17, 15) is 4.79 Å². The lowest BCUT2D eigenvalue weighted by Crippen LogP contribution is -2.43. The van der Waals surface area contributed by atoms with Crippen LogP contribution < -0.4 is 10.2 Å². The van der Waals surface area contributed by atoms with E-state index in [4.69, 9.17) is 0 Å². The number of hydrogen-bond donors (Lipinski definition) is 1. The van der Waals surface area contributed by atoms with E-state index >= 15 is 0 Å². The van der Waals surface area contributed by atoms with Gasteiger partial charge in [-0.15, -0.1) is 0 Å². The molecule has 3 aromatic rings. The summed E-state index contributed by atoms with van der Waals surface area (Å²) in [6, 6.07) is 16.7. The number of aryl methyl sites for hydroxylation is 2. The van der Waals surface area contributed by atoms with E-state index in [1.165, 1.54) is 11.1 Å². The van der Waals surface area contributed by atoms with Gasteiger partial charge in [-0.25, -0.2) is 9.97 Å². The summed E-state index contributed by atoms with van der Waals surface area (Å²) >= 11 is 1.62. The standard InChI is InChI=1S/C25H28N4OS/c1-18-5-9-20(10-6-18)16-28-24(30)21-4-3-15-29(17-21)23-25(27-14-13-26-23)31-22-11-7-19(2)8-12-22/h5-14,21H,3-4,15-17H2,1-2H3,(H,28,30)/t21-/m1/s1. The molecule has 4 rings (SSSR count). The first kappa shape index (κ1) is 21.4. The SMILES string of the molecule is Cc1ccc(CNC(=O)[C@@H]2CCCN(c3nccnc3Sc3ccc(C)cc3)C2)cc1. The Morgan fingerprint density at radius 3 is 2.45 bits per heavy atom. The Balaban J connectivity index is 1.41. The van der Waals surface area contributed by atoms with Crippen molar-refractivity contribution in [2.75, 3.05) is 18.0 Å². The van der Waals surface area contributed by atoms with E-state index in [-0.39, 0.29) is 11.8 Å². The van der Waals surface area contributed by atoms with Gasteiger partial charge in [0.05, 0.1) is 5.92 Å². The van der Waals surface area contributed by atoms with Gasteiger partial charge in [-0.2, -0.15) is 0 Å². The molecule has 1 amide bonds. The van der Waals surface area contributed by atoms with Crippen molar-refractivity contribution < 1.29 is 4.79 Å². The number of nitrogens with zero attached hydrogens (tertiary/aromatic N) is 3. The minimum absolute atomic E-state index is 0.0431. The van der Waals surface area contributed by atoms with Crippen molar-refractivity contribution in [1.29, 1.82) is 0 Å². The minimum Gasteiger partial charge on any atom is -0.354 e. The fraction of sp³-hybridized carbons (Fsp3) is 0.320. The summed E-state index contributed by atoms with van der Waals surface area (Å²) in [4.78, 5) is 25.4. The van der Waals surface area contributed by atoms with Crippen molar-refractivity contribution in [3.63, 3.8) is 0 Å². The third kappa shape index (κ3) is 5.64. The number of aromatic nitrogens is 2. The van der Waals surface area contributed by atoms with Gasteiger partial charge >= 0.3 is 0 Å². The van der Waals surface area contributed by atoms with E-state index in [0.717, 1.165) is 40.7 Å². The van der Waals surface area contributed by atoms with E-state index in [2.05, 4.69) is 82.6 Å². The zero-order valence-electron chi connectivity index (χ0n) is 18.0. The normalized spacial score (nSPS) is 16.2. The van der Waals surface area contributed by atoms with Crippen LogP contribution in [0.5, 0.6) is 0 Å². The Hall–Kier alpha value is -2.86. The van der Waals surface area contributed by atoms with Gasteiger partial charge in [0.2, 0.25) is 5.91 Å². The number of benzene rings is 2. The molecule has 0 saturated carbocycles. The second-order valence-corrected chi connectivity index (χ2v) is 9.15. The topological polar surface area (TPSA) is 58.1 Å². The van der Waals surface area contributed by atoms with E-state index in [1.54, 1.807) is 24.2 Å². The maximum Gasteiger partial charge on any atom is 0.225 e. The maximum absolute atomic E-state index is 12.8. The first-order chi connectivity index (χ1) is 15.1. The molecule has 1 N–H and O–H groups in total. The lowest BCUT2D eigenvalue weighted by atomic mass is 9.97. The van der Waals surface area contributed by atoms with Crippen molar-refractivity contribution in [1.82, 2.24) is 15.3 Å². The first-order valence-electron chi connectivity index (χ1n) is 10.7. The van der Waals surface area contributed by atoms with Crippen molar-refractivity contribution in [3.05, 3.63) is 77.6 Å². The Morgan fingerprint density at radius 2 is 1.71 bits per heavy atom. The number of rotatable bonds is 6. The van der Waals surface area contributed by atoms with Crippen LogP contribution in [-0.4, -0.2) is 29.0 Å². The fourth-order valence-corrected chi connectivity index (χ4v) is 4.63. The summed E-state index contributed by atoms with van der Waals surface area (Å²) in [5, 5.41) is 3.99. The predicted octanol–water partition coefficient (Wildman–Crippen LogP) is 4.78. The molecule has 1 aliphatic heterocycles. The van der Waals surface area contributed by atoms with Gasteiger partial charge in [-0.3, -0.25) is 4.79 Å². The van der Waals surface area contributed by atoms with Gasteiger partial charge in [-0.05, 0) is 44.4 Å². The van der Waals surface area contributed by atoms with Crippen LogP contribution in [0.3, 0.4) is 0 Å². The lowest BCUT2D eigenvalue weighted by Gasteiger charge is -2.33. The second-order valence-electron chi connectivity index (χ2n) is 8.09. The highest BCUT2D eigenvalue weighted by molar-refractivity contribution is 7.99. The summed E-state index contributed by atoms with van der Waals surface area (Å²) in [5.41, 5.74) is 3.58. The van der Waals surface area contributed by atoms with Gasteiger partial charge < -0.3 is 10.2 Å². The molecule has 0 bridgehead atoms. The number of carbonyl (C=O) groups excluding carboxylic acids is 1. The van der Waals surface area contributed by atoms with Gasteiger partial charge in [0, 0.05) is 36.9 Å². The molecule has 1 saturated heterocycles. The molecule has 5 nitrogen and oxygen atoms in total. The molecule has 1 atom stereocenters. The van der Waals surface area contributed by atoms with Gasteiger partial charge in [0.25, 0.3) is 0 Å². The summed E-state index contributed by atoms with van der Waals surface area (Å²) in [6.07, 6.45) is 5.33. The number of piperidine rings is 1. The number of carbonyl (C=O) groups is 1. The molecule has 1 aliphatic rings. The molecule has 0 unspecified atom stereocenters. The Morgan fingerprint density at radius 1 is 1.03 bits per heavy atom. The van der Waals surface area contributed by atoms with Crippen molar-refractivity contribution in [3.8, 4) is 0 Å². The molecule has 1 fully saturated rings. The maximum atomic E-state index is 12.8. The van der Waals surface area contributed by atoms with Crippen molar-refractivity contribution in [2.24, 2.45) is 5.92 Å². The fourth-order valence-electron chi connectivity index (χ4n) is 3.75. The Bertz CT molecular complexity index is 1020. The average molecular weight is 433 g/mol. The third-order valence-corrected chi connectivity index (χ3v) is 6.55. The van der Waals surface area contributed by atoms with Crippen LogP contribution in [0.1, 0.15) is 29.5 Å². The van der Waals surface area contributed by atoms with Crippen LogP contribution in [0.4, 0.5) is 5.82 Å². The number of nitrogens with one attached hydrogen (secondary N) is 1. The quantitative estimate of drug-likeness (QED) is 0.608. The highest BCUT2D eigenvalue weighted by Gasteiger charge is 2.28. The molecular weight excluding hydrogens is 404 g/mol. The second kappa shape index (κ2) is 9.96. The average Bonchev–Trinajstić information content (AvgIpc) is 2.80. The van der Waals surface area contributed by atoms with Crippen LogP contribution >= 0.6 is 11.8 Å². The highest BCUT2D eigenvalue weighted by atomic mass is 32.2. The Kier molecular flexibility index (Phi) is 6.87. The largest absolute Gasteiger partial charge is 0.354 e. The molecule has 0 spiro atoms. The molecule has 31 heavy (non-hydrogen) atoms. The molecule has 0 aliphatic carbocycles. The van der Waals surface area contributed by atoms with Gasteiger partial charge in [0.15, 0.2) is 5.82 Å². The minimum atomic E-state index is -0.0431. The molecule has 2 aromatic carbocycles. The smallest absolute Gasteiger partial charge is 0.225 e. The van der Waals surface area contributed by atoms with Crippen LogP contribution in [0.25, 0.3) is 0 Å². The summed E-state index contributed by atoms with van der Waals surface area (Å²) in [7, 11) is 0. The summed E-state index contributed by atoms with van der Waals surface area (Å²) < 4.78 is 0. The lowest BCUT2D eigenvalue weighted by molar-refractivity contribution is -0.125. The molecule has 160 valence electrons. The summed E-state index contributed by atoms with van der Waals surface area (Å²) in [5.74, 6) is 0.935. The molecule has 0 radical (unpaired) electrons. The predicted molar refractivity (Wildman–Crippen MR) is 125 cm³/mol. The van der Waals surface area contributed by atoms with Crippen molar-refractivity contribution in [2.45, 2.75) is 43.2 Å². The van der Waals surface area contributed by atoms with Crippen LogP contribution in [0.2, 0.25) is 0 Å². The van der Waals surface area contributed by atoms with Crippen LogP contribution in [-0.2, 0) is 11.3 Å². The number of anilines is 1. The number of amides is 1. The van der Waals surface area contributed by atoms with E-state index < -0.39 is 0 Å². The first-order valence-corrected chi connectivity index (χ1v) is 11.5. The Labute approximate surface area is 188 Å². The molecular formula is C25H28N4OS. The van der Waals surface area contributed by atoms with Crippen LogP contribution in [0.15, 0.2) is 70.8 Å². The molecule has 1 aromatic heterocycles. The monoisotopic (exact) mass is 432 g/mol. The van der Waals surface area contributed by atoms with Crippen LogP contribution in [0, 0.1) is 19.8 Å². The highest BCUT2D eigenvalue weighted by Crippen LogP contribution is 2.34. The van der Waals surface area contributed by atoms with Gasteiger partial charge in [0.1, 0.15) is 5.03 Å². The third-order valence-electron chi connectivity index (χ3n) is 5.56. The molecule has 6 heteroatoms. The van der Waals surface area contributed by atoms with Gasteiger partial charge in [-0.1, -0.05) is 59.3 Å².